The molecule has 0 bridgehead atoms. The lowest BCUT2D eigenvalue weighted by molar-refractivity contribution is 0.0986. The number of para-hydroxylation sites is 2. The van der Waals surface area contributed by atoms with Gasteiger partial charge in [0.2, 0.25) is 11.7 Å². The topological polar surface area (TPSA) is 73.0 Å². The number of halogens is 1. The lowest BCUT2D eigenvalue weighted by atomic mass is 10.1. The highest BCUT2D eigenvalue weighted by Gasteiger charge is 2.18. The van der Waals surface area contributed by atoms with Crippen molar-refractivity contribution in [3.05, 3.63) is 66.2 Å². The number of anilines is 1. The molecule has 0 unspecified atom stereocenters. The summed E-state index contributed by atoms with van der Waals surface area (Å²) in [5.74, 6) is -0.358. The number of nitrogens with one attached hydrogen (secondary N) is 1. The summed E-state index contributed by atoms with van der Waals surface area (Å²) in [5, 5.41) is 6.64. The standard InChI is InChI=1S/C20H17FN4O2/c1-2-10-25-17-9-4-3-8-15(17)22-20(25)23-19(26)18-12-16(24-27-18)13-6-5-7-14(21)11-13/h3-9,11-12H,2,10H2,1H3,(H,22,23,26). The van der Waals surface area contributed by atoms with Crippen LogP contribution in [0.3, 0.4) is 0 Å². The van der Waals surface area contributed by atoms with Crippen molar-refractivity contribution in [3.8, 4) is 11.3 Å². The summed E-state index contributed by atoms with van der Waals surface area (Å²) in [5.41, 5.74) is 2.68. The molecule has 0 atom stereocenters. The molecule has 27 heavy (non-hydrogen) atoms. The van der Waals surface area contributed by atoms with E-state index < -0.39 is 5.91 Å². The number of hydrogen-bond donors (Lipinski definition) is 1. The van der Waals surface area contributed by atoms with Crippen molar-refractivity contribution in [3.63, 3.8) is 0 Å². The number of carbonyl (C=O) groups is 1. The molecule has 6 nitrogen and oxygen atoms in total. The molecule has 0 aliphatic rings. The van der Waals surface area contributed by atoms with Gasteiger partial charge in [0.15, 0.2) is 0 Å². The maximum absolute atomic E-state index is 13.4. The zero-order valence-electron chi connectivity index (χ0n) is 14.6. The summed E-state index contributed by atoms with van der Waals surface area (Å²) in [6.45, 7) is 2.78. The Bertz CT molecular complexity index is 1120. The van der Waals surface area contributed by atoms with Gasteiger partial charge in [0.05, 0.1) is 11.0 Å². The number of carbonyl (C=O) groups excluding carboxylic acids is 1. The molecule has 0 aliphatic carbocycles. The van der Waals surface area contributed by atoms with Crippen molar-refractivity contribution in [2.24, 2.45) is 0 Å². The smallest absolute Gasteiger partial charge is 0.296 e. The summed E-state index contributed by atoms with van der Waals surface area (Å²) in [6, 6.07) is 15.1. The van der Waals surface area contributed by atoms with Gasteiger partial charge in [-0.15, -0.1) is 0 Å². The van der Waals surface area contributed by atoms with E-state index in [1.165, 1.54) is 18.2 Å². The number of fused-ring (bicyclic) bond motifs is 1. The average Bonchev–Trinajstić information content (AvgIpc) is 3.28. The normalized spacial score (nSPS) is 11.0. The van der Waals surface area contributed by atoms with Crippen LogP contribution in [-0.2, 0) is 6.54 Å². The summed E-state index contributed by atoms with van der Waals surface area (Å²) in [6.07, 6.45) is 0.898. The van der Waals surface area contributed by atoms with Gasteiger partial charge in [0.1, 0.15) is 11.5 Å². The molecule has 2 aromatic carbocycles. The average molecular weight is 364 g/mol. The molecule has 136 valence electrons. The molecule has 0 saturated heterocycles. The third kappa shape index (κ3) is 3.31. The molecule has 2 aromatic heterocycles. The van der Waals surface area contributed by atoms with E-state index in [-0.39, 0.29) is 11.6 Å². The lowest BCUT2D eigenvalue weighted by Crippen LogP contribution is -2.15. The van der Waals surface area contributed by atoms with Gasteiger partial charge in [-0.05, 0) is 30.7 Å². The van der Waals surface area contributed by atoms with Crippen LogP contribution in [-0.4, -0.2) is 20.6 Å². The minimum absolute atomic E-state index is 0.0318. The molecule has 0 spiro atoms. The quantitative estimate of drug-likeness (QED) is 0.566. The molecule has 0 saturated carbocycles. The predicted molar refractivity (Wildman–Crippen MR) is 99.9 cm³/mol. The number of imidazole rings is 1. The van der Waals surface area contributed by atoms with Crippen molar-refractivity contribution in [1.29, 1.82) is 0 Å². The van der Waals surface area contributed by atoms with Crippen LogP contribution in [0.1, 0.15) is 23.9 Å². The molecular formula is C20H17FN4O2. The molecule has 0 radical (unpaired) electrons. The fourth-order valence-corrected chi connectivity index (χ4v) is 2.95. The van der Waals surface area contributed by atoms with Crippen LogP contribution < -0.4 is 5.32 Å². The first-order valence-electron chi connectivity index (χ1n) is 8.65. The van der Waals surface area contributed by atoms with E-state index in [0.717, 1.165) is 24.0 Å². The Balaban J connectivity index is 1.61. The highest BCUT2D eigenvalue weighted by molar-refractivity contribution is 6.02. The number of hydrogen-bond acceptors (Lipinski definition) is 4. The first kappa shape index (κ1) is 17.0. The van der Waals surface area contributed by atoms with Gasteiger partial charge in [-0.1, -0.05) is 36.3 Å². The second kappa shape index (κ2) is 7.03. The van der Waals surface area contributed by atoms with Gasteiger partial charge in [-0.3, -0.25) is 10.1 Å². The first-order valence-corrected chi connectivity index (χ1v) is 8.65. The maximum atomic E-state index is 13.4. The molecule has 7 heteroatoms. The number of aromatic nitrogens is 3. The zero-order chi connectivity index (χ0) is 18.8. The fraction of sp³-hybridized carbons (Fsp3) is 0.150. The van der Waals surface area contributed by atoms with E-state index in [2.05, 4.69) is 22.4 Å². The Morgan fingerprint density at radius 1 is 1.19 bits per heavy atom. The van der Waals surface area contributed by atoms with E-state index >= 15 is 0 Å². The maximum Gasteiger partial charge on any atom is 0.296 e. The van der Waals surface area contributed by atoms with Crippen LogP contribution in [0.4, 0.5) is 10.3 Å². The van der Waals surface area contributed by atoms with E-state index in [0.29, 0.717) is 17.2 Å². The lowest BCUT2D eigenvalue weighted by Gasteiger charge is -2.07. The molecule has 1 N–H and O–H groups in total. The Kier molecular flexibility index (Phi) is 4.42. The fourth-order valence-electron chi connectivity index (χ4n) is 2.95. The molecule has 2 heterocycles. The van der Waals surface area contributed by atoms with Crippen LogP contribution in [0.15, 0.2) is 59.1 Å². The van der Waals surface area contributed by atoms with Crippen molar-refractivity contribution in [1.82, 2.24) is 14.7 Å². The molecule has 4 rings (SSSR count). The van der Waals surface area contributed by atoms with E-state index in [1.54, 1.807) is 12.1 Å². The van der Waals surface area contributed by atoms with Crippen LogP contribution in [0.5, 0.6) is 0 Å². The Morgan fingerprint density at radius 2 is 2.04 bits per heavy atom. The largest absolute Gasteiger partial charge is 0.350 e. The van der Waals surface area contributed by atoms with Crippen LogP contribution in [0.2, 0.25) is 0 Å². The van der Waals surface area contributed by atoms with Gasteiger partial charge in [0, 0.05) is 18.2 Å². The van der Waals surface area contributed by atoms with Gasteiger partial charge >= 0.3 is 0 Å². The second-order valence-electron chi connectivity index (χ2n) is 6.12. The number of amides is 1. The van der Waals surface area contributed by atoms with Crippen LogP contribution in [0, 0.1) is 5.82 Å². The van der Waals surface area contributed by atoms with E-state index in [4.69, 9.17) is 4.52 Å². The number of aryl methyl sites for hydroxylation is 1. The highest BCUT2D eigenvalue weighted by Crippen LogP contribution is 2.23. The molecule has 0 aliphatic heterocycles. The Labute approximate surface area is 154 Å². The highest BCUT2D eigenvalue weighted by atomic mass is 19.1. The Hall–Kier alpha value is -3.48. The van der Waals surface area contributed by atoms with Gasteiger partial charge in [0.25, 0.3) is 5.91 Å². The minimum atomic E-state index is -0.460. The van der Waals surface area contributed by atoms with Crippen molar-refractivity contribution in [2.75, 3.05) is 5.32 Å². The van der Waals surface area contributed by atoms with E-state index in [9.17, 15) is 9.18 Å². The Morgan fingerprint density at radius 3 is 2.85 bits per heavy atom. The van der Waals surface area contributed by atoms with Crippen LogP contribution in [0.25, 0.3) is 22.3 Å². The van der Waals surface area contributed by atoms with Crippen molar-refractivity contribution in [2.45, 2.75) is 19.9 Å². The number of nitrogens with zero attached hydrogens (tertiary/aromatic N) is 3. The molecular weight excluding hydrogens is 347 g/mol. The summed E-state index contributed by atoms with van der Waals surface area (Å²) in [7, 11) is 0. The van der Waals surface area contributed by atoms with Gasteiger partial charge in [-0.25, -0.2) is 9.37 Å². The van der Waals surface area contributed by atoms with Crippen LogP contribution >= 0.6 is 0 Å². The number of rotatable bonds is 5. The van der Waals surface area contributed by atoms with Gasteiger partial charge < -0.3 is 9.09 Å². The van der Waals surface area contributed by atoms with E-state index in [1.807, 2.05) is 28.8 Å². The summed E-state index contributed by atoms with van der Waals surface area (Å²) >= 11 is 0. The SMILES string of the molecule is CCCn1c(NC(=O)c2cc(-c3cccc(F)c3)no2)nc2ccccc21. The summed E-state index contributed by atoms with van der Waals surface area (Å²) in [4.78, 5) is 17.1. The third-order valence-corrected chi connectivity index (χ3v) is 4.18. The van der Waals surface area contributed by atoms with Crippen molar-refractivity contribution < 1.29 is 13.7 Å². The molecule has 1 amide bonds. The van der Waals surface area contributed by atoms with Gasteiger partial charge in [-0.2, -0.15) is 0 Å². The second-order valence-corrected chi connectivity index (χ2v) is 6.12. The summed E-state index contributed by atoms with van der Waals surface area (Å²) < 4.78 is 20.5. The minimum Gasteiger partial charge on any atom is -0.350 e. The predicted octanol–water partition coefficient (Wildman–Crippen LogP) is 4.49. The zero-order valence-corrected chi connectivity index (χ0v) is 14.6. The molecule has 4 aromatic rings. The first-order chi connectivity index (χ1) is 13.2. The van der Waals surface area contributed by atoms with Crippen molar-refractivity contribution >= 4 is 22.9 Å². The third-order valence-electron chi connectivity index (χ3n) is 4.18. The number of benzene rings is 2. The molecule has 0 fully saturated rings. The monoisotopic (exact) mass is 364 g/mol.